The van der Waals surface area contributed by atoms with Gasteiger partial charge in [-0.3, -0.25) is 9.69 Å². The summed E-state index contributed by atoms with van der Waals surface area (Å²) in [6.07, 6.45) is -0.696. The van der Waals surface area contributed by atoms with Crippen molar-refractivity contribution in [3.05, 3.63) is 10.4 Å². The van der Waals surface area contributed by atoms with E-state index in [0.717, 1.165) is 4.90 Å². The molecule has 0 atom stereocenters. The lowest BCUT2D eigenvalue weighted by Gasteiger charge is -2.26. The molecule has 0 aromatic carbocycles. The van der Waals surface area contributed by atoms with Crippen molar-refractivity contribution >= 4 is 12.1 Å². The first-order valence-electron chi connectivity index (χ1n) is 9.28. The number of nitrogens with zero attached hydrogens (tertiary/aromatic N) is 4. The molecule has 0 unspecified atom stereocenters. The average molecular weight is 420 g/mol. The first-order chi connectivity index (χ1) is 13.8. The van der Waals surface area contributed by atoms with Crippen LogP contribution in [0.15, 0.2) is 5.11 Å². The van der Waals surface area contributed by atoms with Gasteiger partial charge in [-0.05, 0) is 26.3 Å². The van der Waals surface area contributed by atoms with Gasteiger partial charge in [0.2, 0.25) is 0 Å². The summed E-state index contributed by atoms with van der Waals surface area (Å²) in [5.41, 5.74) is 7.38. The van der Waals surface area contributed by atoms with Gasteiger partial charge in [0.1, 0.15) is 12.1 Å². The Kier molecular flexibility index (Phi) is 15.6. The molecule has 0 bridgehead atoms. The highest BCUT2D eigenvalue weighted by Gasteiger charge is 2.23. The van der Waals surface area contributed by atoms with Crippen LogP contribution in [0.1, 0.15) is 20.8 Å². The number of aliphatic carboxylic acids is 1. The van der Waals surface area contributed by atoms with Gasteiger partial charge in [-0.1, -0.05) is 5.11 Å². The van der Waals surface area contributed by atoms with E-state index in [4.69, 9.17) is 34.3 Å². The predicted molar refractivity (Wildman–Crippen MR) is 103 cm³/mol. The van der Waals surface area contributed by atoms with Crippen LogP contribution in [0.2, 0.25) is 0 Å². The maximum atomic E-state index is 12.0. The molecule has 0 aromatic rings. The molecule has 1 N–H and O–H groups in total. The first kappa shape index (κ1) is 26.9. The fourth-order valence-corrected chi connectivity index (χ4v) is 1.81. The summed E-state index contributed by atoms with van der Waals surface area (Å²) >= 11 is 0. The zero-order valence-corrected chi connectivity index (χ0v) is 17.4. The summed E-state index contributed by atoms with van der Waals surface area (Å²) in [7, 11) is 0. The lowest BCUT2D eigenvalue weighted by molar-refractivity contribution is -0.138. The van der Waals surface area contributed by atoms with Gasteiger partial charge in [0, 0.05) is 18.0 Å². The molecule has 0 aliphatic heterocycles. The maximum absolute atomic E-state index is 12.0. The minimum absolute atomic E-state index is 0.101. The summed E-state index contributed by atoms with van der Waals surface area (Å²) < 4.78 is 26.3. The lowest BCUT2D eigenvalue weighted by atomic mass is 10.2. The molecule has 0 aromatic heterocycles. The number of rotatable bonds is 17. The van der Waals surface area contributed by atoms with E-state index < -0.39 is 24.2 Å². The highest BCUT2D eigenvalue weighted by Crippen LogP contribution is 2.09. The highest BCUT2D eigenvalue weighted by molar-refractivity contribution is 5.76. The van der Waals surface area contributed by atoms with E-state index in [1.54, 1.807) is 20.8 Å². The number of azide groups is 1. The van der Waals surface area contributed by atoms with Crippen molar-refractivity contribution in [1.29, 1.82) is 0 Å². The normalized spacial score (nSPS) is 11.0. The molecule has 0 aliphatic carbocycles. The second kappa shape index (κ2) is 16.8. The van der Waals surface area contributed by atoms with Gasteiger partial charge >= 0.3 is 12.1 Å². The zero-order valence-electron chi connectivity index (χ0n) is 17.4. The molecule has 0 spiro atoms. The summed E-state index contributed by atoms with van der Waals surface area (Å²) in [4.78, 5) is 26.6. The maximum Gasteiger partial charge on any atom is 0.410 e. The molecule has 0 fully saturated rings. The molecule has 0 heterocycles. The molecule has 1 amide bonds. The van der Waals surface area contributed by atoms with Gasteiger partial charge in [-0.25, -0.2) is 4.79 Å². The van der Waals surface area contributed by atoms with E-state index in [2.05, 4.69) is 10.0 Å². The van der Waals surface area contributed by atoms with Crippen LogP contribution in [0.4, 0.5) is 4.79 Å². The Labute approximate surface area is 170 Å². The molecule has 0 saturated heterocycles. The predicted octanol–water partition coefficient (Wildman–Crippen LogP) is 1.68. The van der Waals surface area contributed by atoms with E-state index in [1.165, 1.54) is 0 Å². The monoisotopic (exact) mass is 420 g/mol. The minimum atomic E-state index is -1.12. The standard InChI is InChI=1S/C17H32N4O8/c1-17(2,3)29-16(24)21(14-15(22)23)5-7-26-9-11-28-13-12-27-10-8-25-6-4-19-20-18/h4-14H2,1-3H3,(H,22,23). The lowest BCUT2D eigenvalue weighted by Crippen LogP contribution is -2.41. The molecule has 0 radical (unpaired) electrons. The number of ether oxygens (including phenoxy) is 5. The van der Waals surface area contributed by atoms with E-state index in [9.17, 15) is 9.59 Å². The molecule has 29 heavy (non-hydrogen) atoms. The topological polar surface area (TPSA) is 153 Å². The third-order valence-corrected chi connectivity index (χ3v) is 3.00. The van der Waals surface area contributed by atoms with Gasteiger partial charge in [-0.15, -0.1) is 0 Å². The van der Waals surface area contributed by atoms with Crippen LogP contribution in [-0.4, -0.2) is 100 Å². The Bertz CT molecular complexity index is 506. The van der Waals surface area contributed by atoms with Crippen molar-refractivity contribution < 1.29 is 38.4 Å². The summed E-state index contributed by atoms with van der Waals surface area (Å²) in [5.74, 6) is -1.12. The van der Waals surface area contributed by atoms with Gasteiger partial charge < -0.3 is 28.8 Å². The fraction of sp³-hybridized carbons (Fsp3) is 0.882. The van der Waals surface area contributed by atoms with Crippen molar-refractivity contribution in [3.8, 4) is 0 Å². The Balaban J connectivity index is 3.66. The Hall–Kier alpha value is -2.11. The van der Waals surface area contributed by atoms with Crippen molar-refractivity contribution in [3.63, 3.8) is 0 Å². The van der Waals surface area contributed by atoms with Gasteiger partial charge in [0.05, 0.1) is 52.9 Å². The van der Waals surface area contributed by atoms with Crippen LogP contribution < -0.4 is 0 Å². The van der Waals surface area contributed by atoms with E-state index in [-0.39, 0.29) is 13.2 Å². The summed E-state index contributed by atoms with van der Waals surface area (Å²) in [6, 6.07) is 0. The third kappa shape index (κ3) is 19.0. The van der Waals surface area contributed by atoms with Crippen LogP contribution >= 0.6 is 0 Å². The number of carbonyl (C=O) groups is 2. The number of carboxylic acids is 1. The SMILES string of the molecule is CC(C)(C)OC(=O)N(CCOCCOCCOCCOCCN=[N+]=[N-])CC(=O)O. The van der Waals surface area contributed by atoms with Gasteiger partial charge in [0.15, 0.2) is 0 Å². The van der Waals surface area contributed by atoms with Crippen molar-refractivity contribution in [2.45, 2.75) is 26.4 Å². The number of hydrogen-bond donors (Lipinski definition) is 1. The fourth-order valence-electron chi connectivity index (χ4n) is 1.81. The molecule has 12 nitrogen and oxygen atoms in total. The summed E-state index contributed by atoms with van der Waals surface area (Å²) in [6.45, 7) is 7.87. The first-order valence-corrected chi connectivity index (χ1v) is 9.28. The molecule has 0 saturated carbocycles. The van der Waals surface area contributed by atoms with Gasteiger partial charge in [0.25, 0.3) is 0 Å². The van der Waals surface area contributed by atoms with Crippen LogP contribution in [0.3, 0.4) is 0 Å². The molecule has 168 valence electrons. The molecular formula is C17H32N4O8. The third-order valence-electron chi connectivity index (χ3n) is 3.00. The van der Waals surface area contributed by atoms with E-state index in [1.807, 2.05) is 0 Å². The molecule has 0 rings (SSSR count). The molecule has 12 heteroatoms. The second-order valence-corrected chi connectivity index (χ2v) is 6.70. The second-order valence-electron chi connectivity index (χ2n) is 6.70. The smallest absolute Gasteiger partial charge is 0.410 e. The molecule has 0 aliphatic rings. The van der Waals surface area contributed by atoms with Crippen LogP contribution in [0, 0.1) is 0 Å². The van der Waals surface area contributed by atoms with Crippen LogP contribution in [-0.2, 0) is 28.5 Å². The highest BCUT2D eigenvalue weighted by atomic mass is 16.6. The quantitative estimate of drug-likeness (QED) is 0.161. The summed E-state index contributed by atoms with van der Waals surface area (Å²) in [5, 5.41) is 12.2. The Morgan fingerprint density at radius 3 is 1.86 bits per heavy atom. The largest absolute Gasteiger partial charge is 0.480 e. The number of carboxylic acid groups (broad SMARTS) is 1. The van der Waals surface area contributed by atoms with E-state index in [0.29, 0.717) is 52.8 Å². The number of carbonyl (C=O) groups excluding carboxylic acids is 1. The Morgan fingerprint density at radius 1 is 0.931 bits per heavy atom. The van der Waals surface area contributed by atoms with Crippen LogP contribution in [0.25, 0.3) is 10.4 Å². The number of amides is 1. The van der Waals surface area contributed by atoms with Gasteiger partial charge in [-0.2, -0.15) is 0 Å². The van der Waals surface area contributed by atoms with Crippen molar-refractivity contribution in [1.82, 2.24) is 4.90 Å². The Morgan fingerprint density at radius 2 is 1.41 bits per heavy atom. The number of hydrogen-bond acceptors (Lipinski definition) is 8. The van der Waals surface area contributed by atoms with E-state index >= 15 is 0 Å². The average Bonchev–Trinajstić information content (AvgIpc) is 2.62. The van der Waals surface area contributed by atoms with Crippen molar-refractivity contribution in [2.24, 2.45) is 5.11 Å². The van der Waals surface area contributed by atoms with Crippen LogP contribution in [0.5, 0.6) is 0 Å². The minimum Gasteiger partial charge on any atom is -0.480 e. The zero-order chi connectivity index (χ0) is 22.0. The van der Waals surface area contributed by atoms with Crippen molar-refractivity contribution in [2.75, 3.05) is 72.5 Å². The molecular weight excluding hydrogens is 388 g/mol.